The predicted molar refractivity (Wildman–Crippen MR) is 114 cm³/mol. The lowest BCUT2D eigenvalue weighted by molar-refractivity contribution is -0.384. The van der Waals surface area contributed by atoms with Gasteiger partial charge in [-0.15, -0.1) is 0 Å². The summed E-state index contributed by atoms with van der Waals surface area (Å²) in [4.78, 5) is 22.9. The van der Waals surface area contributed by atoms with E-state index < -0.39 is 26.7 Å². The number of aromatic amines is 1. The van der Waals surface area contributed by atoms with Crippen molar-refractivity contribution in [2.24, 2.45) is 0 Å². The molecule has 0 aliphatic rings. The second-order valence-electron chi connectivity index (χ2n) is 6.65. The van der Waals surface area contributed by atoms with Gasteiger partial charge in [0.2, 0.25) is 0 Å². The van der Waals surface area contributed by atoms with Crippen molar-refractivity contribution in [1.29, 1.82) is 0 Å². The number of nitrogens with zero attached hydrogens (tertiary/aromatic N) is 2. The Labute approximate surface area is 180 Å². The number of sulfonamides is 1. The molecule has 0 radical (unpaired) electrons. The van der Waals surface area contributed by atoms with Gasteiger partial charge in [0.05, 0.1) is 21.0 Å². The molecule has 0 atom stereocenters. The van der Waals surface area contributed by atoms with E-state index in [1.165, 1.54) is 60.7 Å². The molecule has 4 rings (SSSR count). The monoisotopic (exact) mass is 455 g/mol. The Balaban J connectivity index is 1.52. The Kier molecular flexibility index (Phi) is 5.28. The number of non-ortho nitro benzene ring substituents is 1. The number of anilines is 2. The van der Waals surface area contributed by atoms with Crippen LogP contribution in [0.5, 0.6) is 0 Å². The largest absolute Gasteiger partial charge is 0.321 e. The number of H-pyrrole nitrogens is 1. The highest BCUT2D eigenvalue weighted by atomic mass is 32.2. The number of aromatic nitrogens is 2. The number of nitro groups is 1. The third-order valence-corrected chi connectivity index (χ3v) is 5.87. The quantitative estimate of drug-likeness (QED) is 0.299. The first kappa shape index (κ1) is 20.9. The molecule has 0 aliphatic heterocycles. The molecule has 0 aliphatic carbocycles. The normalized spacial score (nSPS) is 11.3. The van der Waals surface area contributed by atoms with Crippen LogP contribution in [-0.2, 0) is 10.0 Å². The van der Waals surface area contributed by atoms with E-state index in [2.05, 4.69) is 20.2 Å². The number of carbonyl (C=O) groups excluding carboxylic acids is 1. The molecule has 32 heavy (non-hydrogen) atoms. The summed E-state index contributed by atoms with van der Waals surface area (Å²) in [5.74, 6) is -1.22. The summed E-state index contributed by atoms with van der Waals surface area (Å²) >= 11 is 0. The van der Waals surface area contributed by atoms with Crippen molar-refractivity contribution in [2.45, 2.75) is 4.90 Å². The minimum Gasteiger partial charge on any atom is -0.321 e. The Morgan fingerprint density at radius 2 is 1.78 bits per heavy atom. The number of amides is 1. The van der Waals surface area contributed by atoms with E-state index in [0.29, 0.717) is 5.52 Å². The second kappa shape index (κ2) is 8.07. The van der Waals surface area contributed by atoms with Crippen LogP contribution in [0.4, 0.5) is 21.5 Å². The van der Waals surface area contributed by atoms with Crippen LogP contribution in [0.3, 0.4) is 0 Å². The van der Waals surface area contributed by atoms with Crippen LogP contribution >= 0.6 is 0 Å². The maximum absolute atomic E-state index is 13.3. The molecule has 3 N–H and O–H groups in total. The van der Waals surface area contributed by atoms with E-state index in [9.17, 15) is 27.7 Å². The Bertz CT molecular complexity index is 1450. The summed E-state index contributed by atoms with van der Waals surface area (Å²) in [5.41, 5.74) is 0.565. The van der Waals surface area contributed by atoms with Crippen molar-refractivity contribution in [3.63, 3.8) is 0 Å². The Hall–Kier alpha value is -4.32. The van der Waals surface area contributed by atoms with Crippen LogP contribution in [0.15, 0.2) is 71.6 Å². The van der Waals surface area contributed by atoms with Gasteiger partial charge >= 0.3 is 0 Å². The number of nitro benzene ring substituents is 1. The third kappa shape index (κ3) is 4.25. The van der Waals surface area contributed by atoms with Crippen molar-refractivity contribution in [1.82, 2.24) is 10.2 Å². The molecule has 3 aromatic carbocycles. The lowest BCUT2D eigenvalue weighted by Gasteiger charge is -2.09. The van der Waals surface area contributed by atoms with Gasteiger partial charge in [-0.1, -0.05) is 6.07 Å². The summed E-state index contributed by atoms with van der Waals surface area (Å²) in [7, 11) is -3.97. The van der Waals surface area contributed by atoms with E-state index in [-0.39, 0.29) is 33.0 Å². The molecule has 1 amide bonds. The van der Waals surface area contributed by atoms with Gasteiger partial charge in [-0.25, -0.2) is 12.8 Å². The number of hydrogen-bond donors (Lipinski definition) is 3. The van der Waals surface area contributed by atoms with Gasteiger partial charge in [0.15, 0.2) is 5.69 Å². The van der Waals surface area contributed by atoms with E-state index in [1.807, 2.05) is 0 Å². The molecular weight excluding hydrogens is 441 g/mol. The summed E-state index contributed by atoms with van der Waals surface area (Å²) < 4.78 is 40.5. The molecule has 0 spiro atoms. The molecule has 0 saturated heterocycles. The highest BCUT2D eigenvalue weighted by molar-refractivity contribution is 7.92. The third-order valence-electron chi connectivity index (χ3n) is 4.47. The van der Waals surface area contributed by atoms with Crippen molar-refractivity contribution in [3.05, 3.63) is 88.4 Å². The molecule has 0 saturated carbocycles. The lowest BCUT2D eigenvalue weighted by atomic mass is 10.2. The molecule has 12 heteroatoms. The summed E-state index contributed by atoms with van der Waals surface area (Å²) in [6, 6.07) is 14.3. The van der Waals surface area contributed by atoms with Crippen LogP contribution < -0.4 is 10.0 Å². The van der Waals surface area contributed by atoms with Crippen LogP contribution in [0.25, 0.3) is 10.9 Å². The second-order valence-corrected chi connectivity index (χ2v) is 8.34. The van der Waals surface area contributed by atoms with Crippen LogP contribution in [-0.4, -0.2) is 29.4 Å². The zero-order chi connectivity index (χ0) is 22.9. The fourth-order valence-corrected chi connectivity index (χ4v) is 4.01. The molecule has 0 bridgehead atoms. The van der Waals surface area contributed by atoms with Crippen molar-refractivity contribution in [2.75, 3.05) is 10.0 Å². The highest BCUT2D eigenvalue weighted by Gasteiger charge is 2.18. The average molecular weight is 455 g/mol. The fraction of sp³-hybridized carbons (Fsp3) is 0. The summed E-state index contributed by atoms with van der Waals surface area (Å²) in [5, 5.41) is 20.4. The van der Waals surface area contributed by atoms with E-state index in [4.69, 9.17) is 0 Å². The number of benzene rings is 3. The van der Waals surface area contributed by atoms with Gasteiger partial charge in [0.25, 0.3) is 21.6 Å². The van der Waals surface area contributed by atoms with Gasteiger partial charge in [-0.2, -0.15) is 5.10 Å². The first-order valence-electron chi connectivity index (χ1n) is 9.05. The Morgan fingerprint density at radius 3 is 2.47 bits per heavy atom. The van der Waals surface area contributed by atoms with E-state index >= 15 is 0 Å². The maximum Gasteiger partial charge on any atom is 0.276 e. The predicted octanol–water partition coefficient (Wildman–Crippen LogP) is 3.66. The van der Waals surface area contributed by atoms with Gasteiger partial charge < -0.3 is 5.32 Å². The number of rotatable bonds is 6. The van der Waals surface area contributed by atoms with Crippen LogP contribution in [0, 0.1) is 15.9 Å². The van der Waals surface area contributed by atoms with Crippen molar-refractivity contribution >= 4 is 43.9 Å². The number of carbonyl (C=O) groups is 1. The molecule has 1 heterocycles. The highest BCUT2D eigenvalue weighted by Crippen LogP contribution is 2.24. The first-order chi connectivity index (χ1) is 15.2. The fourth-order valence-electron chi connectivity index (χ4n) is 2.96. The lowest BCUT2D eigenvalue weighted by Crippen LogP contribution is -2.14. The molecular formula is C20H14FN5O5S. The standard InChI is InChI=1S/C20H14FN5O5S/c21-12-2-1-3-14(10-12)25-32(30,31)16-7-4-13(5-8-16)22-20(27)19-17-11-15(26(28)29)6-9-18(17)23-24-19/h1-11,25H,(H,22,27)(H,23,24). The smallest absolute Gasteiger partial charge is 0.276 e. The number of hydrogen-bond acceptors (Lipinski definition) is 6. The minimum absolute atomic E-state index is 0.0480. The number of fused-ring (bicyclic) bond motifs is 1. The maximum atomic E-state index is 13.3. The van der Waals surface area contributed by atoms with E-state index in [0.717, 1.165) is 6.07 Å². The summed E-state index contributed by atoms with van der Waals surface area (Å²) in [6.45, 7) is 0. The first-order valence-corrected chi connectivity index (χ1v) is 10.5. The van der Waals surface area contributed by atoms with Gasteiger partial charge in [-0.3, -0.25) is 24.7 Å². The molecule has 162 valence electrons. The molecule has 4 aromatic rings. The number of halogens is 1. The van der Waals surface area contributed by atoms with Crippen LogP contribution in [0.1, 0.15) is 10.5 Å². The van der Waals surface area contributed by atoms with Gasteiger partial charge in [0, 0.05) is 23.2 Å². The van der Waals surface area contributed by atoms with Crippen LogP contribution in [0.2, 0.25) is 0 Å². The topological polar surface area (TPSA) is 147 Å². The van der Waals surface area contributed by atoms with Gasteiger partial charge in [-0.05, 0) is 48.5 Å². The average Bonchev–Trinajstić information content (AvgIpc) is 3.17. The molecule has 0 unspecified atom stereocenters. The van der Waals surface area contributed by atoms with E-state index in [1.54, 1.807) is 0 Å². The van der Waals surface area contributed by atoms with Gasteiger partial charge in [0.1, 0.15) is 5.82 Å². The molecule has 1 aromatic heterocycles. The zero-order valence-electron chi connectivity index (χ0n) is 16.1. The minimum atomic E-state index is -3.97. The molecule has 0 fully saturated rings. The molecule has 10 nitrogen and oxygen atoms in total. The summed E-state index contributed by atoms with van der Waals surface area (Å²) in [6.07, 6.45) is 0. The van der Waals surface area contributed by atoms with Crippen molar-refractivity contribution in [3.8, 4) is 0 Å². The number of nitrogens with one attached hydrogen (secondary N) is 3. The zero-order valence-corrected chi connectivity index (χ0v) is 16.9. The van der Waals surface area contributed by atoms with Crippen molar-refractivity contribution < 1.29 is 22.5 Å². The Morgan fingerprint density at radius 1 is 1.03 bits per heavy atom. The SMILES string of the molecule is O=C(Nc1ccc(S(=O)(=O)Nc2cccc(F)c2)cc1)c1n[nH]c2ccc([N+](=O)[O-])cc12.